The van der Waals surface area contributed by atoms with E-state index in [2.05, 4.69) is 4.98 Å². The lowest BCUT2D eigenvalue weighted by Crippen LogP contribution is -2.17. The van der Waals surface area contributed by atoms with E-state index in [0.717, 1.165) is 11.3 Å². The Kier molecular flexibility index (Phi) is 6.47. The fourth-order valence-electron chi connectivity index (χ4n) is 1.09. The Morgan fingerprint density at radius 3 is 2.33 bits per heavy atom. The van der Waals surface area contributed by atoms with Crippen LogP contribution in [-0.4, -0.2) is 16.9 Å². The zero-order valence-electron chi connectivity index (χ0n) is 11.1. The van der Waals surface area contributed by atoms with Crippen molar-refractivity contribution >= 4 is 18.0 Å². The normalized spacial score (nSPS) is 10.4. The molecule has 0 atom stereocenters. The molecule has 0 aliphatic heterocycles. The molecule has 0 aliphatic rings. The topological polar surface area (TPSA) is 64.1 Å². The van der Waals surface area contributed by atoms with E-state index in [1.165, 1.54) is 0 Å². The largest absolute Gasteiger partial charge is 0.373 e. The minimum atomic E-state index is -0.307. The van der Waals surface area contributed by atoms with Crippen molar-refractivity contribution in [2.24, 2.45) is 5.41 Å². The Labute approximate surface area is 107 Å². The summed E-state index contributed by atoms with van der Waals surface area (Å²) in [6, 6.07) is 3.84. The summed E-state index contributed by atoms with van der Waals surface area (Å²) in [6.45, 7) is 7.68. The van der Waals surface area contributed by atoms with Crippen LogP contribution in [0.5, 0.6) is 0 Å². The molecule has 4 heteroatoms. The molecule has 0 fully saturated rings. The minimum Gasteiger partial charge on any atom is -0.294 e. The van der Waals surface area contributed by atoms with Gasteiger partial charge in [0.25, 0.3) is 0 Å². The third-order valence-electron chi connectivity index (χ3n) is 2.09. The van der Waals surface area contributed by atoms with E-state index in [-0.39, 0.29) is 17.3 Å². The highest BCUT2D eigenvalue weighted by Crippen LogP contribution is 2.16. The number of aryl methyl sites for hydroxylation is 1. The molecule has 0 bridgehead atoms. The van der Waals surface area contributed by atoms with E-state index < -0.39 is 0 Å². The predicted molar refractivity (Wildman–Crippen MR) is 67.5 cm³/mol. The Morgan fingerprint density at radius 1 is 1.33 bits per heavy atom. The highest BCUT2D eigenvalue weighted by atomic mass is 16.2. The molecule has 1 heterocycles. The first-order valence-corrected chi connectivity index (χ1v) is 5.45. The first-order valence-electron chi connectivity index (χ1n) is 5.45. The number of hydrogen-bond donors (Lipinski definition) is 0. The van der Waals surface area contributed by atoms with E-state index in [1.807, 2.05) is 45.9 Å². The second-order valence-corrected chi connectivity index (χ2v) is 4.76. The highest BCUT2D eigenvalue weighted by Gasteiger charge is 2.17. The lowest BCUT2D eigenvalue weighted by Gasteiger charge is -2.12. The maximum Gasteiger partial charge on any atom is 0.373 e. The Morgan fingerprint density at radius 2 is 1.89 bits per heavy atom. The molecule has 0 radical (unpaired) electrons. The van der Waals surface area contributed by atoms with Crippen LogP contribution in [0.3, 0.4) is 0 Å². The molecule has 0 N–H and O–H groups in total. The van der Waals surface area contributed by atoms with Gasteiger partial charge in [-0.15, -0.1) is 0 Å². The van der Waals surface area contributed by atoms with Gasteiger partial charge in [-0.25, -0.2) is 0 Å². The molecule has 0 amide bonds. The fourth-order valence-corrected chi connectivity index (χ4v) is 1.09. The van der Waals surface area contributed by atoms with E-state index in [9.17, 15) is 4.79 Å². The van der Waals surface area contributed by atoms with Crippen LogP contribution in [0.4, 0.5) is 0 Å². The number of pyridine rings is 1. The highest BCUT2D eigenvalue weighted by molar-refractivity contribution is 5.97. The van der Waals surface area contributed by atoms with Crippen LogP contribution in [0.1, 0.15) is 32.0 Å². The van der Waals surface area contributed by atoms with Crippen molar-refractivity contribution in [2.75, 3.05) is 0 Å². The van der Waals surface area contributed by atoms with Gasteiger partial charge in [0, 0.05) is 17.3 Å². The molecule has 0 unspecified atom stereocenters. The van der Waals surface area contributed by atoms with Gasteiger partial charge in [-0.3, -0.25) is 9.78 Å². The average molecular weight is 247 g/mol. The standard InChI is InChI=1S/C13H17NO.CO2/c1-10-9-11(7-8-14-10)5-6-12(15)13(2,3)4;2-1-3/h5-9H,1-4H3;/b6-5-;. The SMILES string of the molecule is Cc1cc(/C=C\C(=O)C(C)(C)C)ccn1.O=C=O. The number of ketones is 1. The van der Waals surface area contributed by atoms with Crippen molar-refractivity contribution in [3.8, 4) is 0 Å². The van der Waals surface area contributed by atoms with Crippen LogP contribution in [0.2, 0.25) is 0 Å². The monoisotopic (exact) mass is 247 g/mol. The second kappa shape index (κ2) is 7.30. The van der Waals surface area contributed by atoms with Gasteiger partial charge in [-0.05, 0) is 30.7 Å². The Balaban J connectivity index is 0.000000873. The predicted octanol–water partition coefficient (Wildman–Crippen LogP) is 2.43. The zero-order chi connectivity index (χ0) is 14.2. The molecule has 0 saturated carbocycles. The van der Waals surface area contributed by atoms with Crippen molar-refractivity contribution in [3.63, 3.8) is 0 Å². The third-order valence-corrected chi connectivity index (χ3v) is 2.09. The van der Waals surface area contributed by atoms with Crippen LogP contribution < -0.4 is 0 Å². The first-order chi connectivity index (χ1) is 8.31. The lowest BCUT2D eigenvalue weighted by atomic mass is 9.90. The van der Waals surface area contributed by atoms with Gasteiger partial charge in [-0.2, -0.15) is 9.59 Å². The Bertz CT molecular complexity index is 464. The van der Waals surface area contributed by atoms with Crippen molar-refractivity contribution < 1.29 is 14.4 Å². The summed E-state index contributed by atoms with van der Waals surface area (Å²) in [5, 5.41) is 0. The van der Waals surface area contributed by atoms with Crippen LogP contribution in [0, 0.1) is 12.3 Å². The summed E-state index contributed by atoms with van der Waals surface area (Å²) in [5.41, 5.74) is 1.67. The zero-order valence-corrected chi connectivity index (χ0v) is 11.1. The maximum absolute atomic E-state index is 11.6. The third kappa shape index (κ3) is 6.51. The van der Waals surface area contributed by atoms with Crippen LogP contribution >= 0.6 is 0 Å². The van der Waals surface area contributed by atoms with E-state index in [4.69, 9.17) is 9.59 Å². The number of rotatable bonds is 2. The van der Waals surface area contributed by atoms with Gasteiger partial charge in [0.05, 0.1) is 0 Å². The maximum atomic E-state index is 11.6. The van der Waals surface area contributed by atoms with Gasteiger partial charge in [0.15, 0.2) is 5.78 Å². The number of allylic oxidation sites excluding steroid dienone is 1. The molecule has 0 saturated heterocycles. The van der Waals surface area contributed by atoms with E-state index in [0.29, 0.717) is 0 Å². The van der Waals surface area contributed by atoms with Gasteiger partial charge >= 0.3 is 6.15 Å². The Hall–Kier alpha value is -2.06. The molecule has 1 rings (SSSR count). The van der Waals surface area contributed by atoms with Gasteiger partial charge in [0.1, 0.15) is 0 Å². The van der Waals surface area contributed by atoms with E-state index in [1.54, 1.807) is 12.3 Å². The van der Waals surface area contributed by atoms with Crippen LogP contribution in [-0.2, 0) is 14.4 Å². The summed E-state index contributed by atoms with van der Waals surface area (Å²) in [5.74, 6) is 0.136. The van der Waals surface area contributed by atoms with Crippen molar-refractivity contribution in [1.29, 1.82) is 0 Å². The molecular weight excluding hydrogens is 230 g/mol. The summed E-state index contributed by atoms with van der Waals surface area (Å²) >= 11 is 0. The summed E-state index contributed by atoms with van der Waals surface area (Å²) < 4.78 is 0. The van der Waals surface area contributed by atoms with E-state index >= 15 is 0 Å². The summed E-state index contributed by atoms with van der Waals surface area (Å²) in [6.07, 6.45) is 5.47. The van der Waals surface area contributed by atoms with Crippen LogP contribution in [0.25, 0.3) is 6.08 Å². The number of carbonyl (C=O) groups excluding carboxylic acids is 3. The number of hydrogen-bond acceptors (Lipinski definition) is 4. The minimum absolute atomic E-state index is 0.136. The van der Waals surface area contributed by atoms with Gasteiger partial charge in [-0.1, -0.05) is 26.8 Å². The number of nitrogens with zero attached hydrogens (tertiary/aromatic N) is 1. The first kappa shape index (κ1) is 15.9. The molecule has 1 aromatic heterocycles. The van der Waals surface area contributed by atoms with Crippen molar-refractivity contribution in [2.45, 2.75) is 27.7 Å². The molecule has 96 valence electrons. The fraction of sp³-hybridized carbons (Fsp3) is 0.357. The average Bonchev–Trinajstić information content (AvgIpc) is 2.25. The quantitative estimate of drug-likeness (QED) is 0.753. The molecule has 18 heavy (non-hydrogen) atoms. The number of aromatic nitrogens is 1. The lowest BCUT2D eigenvalue weighted by molar-refractivity contribution is -0.191. The molecule has 0 spiro atoms. The van der Waals surface area contributed by atoms with Gasteiger partial charge in [0.2, 0.25) is 0 Å². The molecular formula is C14H17NO3. The summed E-state index contributed by atoms with van der Waals surface area (Å²) in [7, 11) is 0. The van der Waals surface area contributed by atoms with Crippen LogP contribution in [0.15, 0.2) is 24.4 Å². The number of carbonyl (C=O) groups is 1. The van der Waals surface area contributed by atoms with Crippen molar-refractivity contribution in [1.82, 2.24) is 4.98 Å². The molecule has 0 aliphatic carbocycles. The molecule has 4 nitrogen and oxygen atoms in total. The molecule has 0 aromatic carbocycles. The molecule has 1 aromatic rings. The second-order valence-electron chi connectivity index (χ2n) is 4.76. The summed E-state index contributed by atoms with van der Waals surface area (Å²) in [4.78, 5) is 32.0. The van der Waals surface area contributed by atoms with Crippen molar-refractivity contribution in [3.05, 3.63) is 35.7 Å². The van der Waals surface area contributed by atoms with Gasteiger partial charge < -0.3 is 0 Å². The smallest absolute Gasteiger partial charge is 0.294 e.